The minimum absolute atomic E-state index is 0.138. The van der Waals surface area contributed by atoms with E-state index in [4.69, 9.17) is 10.5 Å². The fraction of sp³-hybridized carbons (Fsp3) is 0.636. The van der Waals surface area contributed by atoms with E-state index in [-0.39, 0.29) is 22.9 Å². The Labute approximate surface area is 173 Å². The Hall–Kier alpha value is -1.96. The molecule has 4 N–H and O–H groups in total. The molecular formula is C22H34N4O3. The average Bonchev–Trinajstić information content (AvgIpc) is 2.64. The molecule has 1 amide bonds. The number of rotatable bonds is 8. The second-order valence-electron chi connectivity index (χ2n) is 9.37. The molecule has 2 aliphatic rings. The van der Waals surface area contributed by atoms with Crippen LogP contribution in [0.25, 0.3) is 0 Å². The predicted octanol–water partition coefficient (Wildman–Crippen LogP) is 1.64. The third-order valence-corrected chi connectivity index (χ3v) is 5.72. The van der Waals surface area contributed by atoms with Gasteiger partial charge in [-0.15, -0.1) is 0 Å². The number of hydrogen-bond acceptors (Lipinski definition) is 6. The Kier molecular flexibility index (Phi) is 6.61. The van der Waals surface area contributed by atoms with E-state index < -0.39 is 5.91 Å². The topological polar surface area (TPSA) is 96.7 Å². The van der Waals surface area contributed by atoms with Gasteiger partial charge in [0.25, 0.3) is 0 Å². The zero-order valence-corrected chi connectivity index (χ0v) is 17.8. The molecule has 0 aromatic heterocycles. The number of amides is 1. The molecule has 160 valence electrons. The summed E-state index contributed by atoms with van der Waals surface area (Å²) in [7, 11) is 0. The van der Waals surface area contributed by atoms with E-state index in [1.54, 1.807) is 12.1 Å². The van der Waals surface area contributed by atoms with Crippen molar-refractivity contribution < 1.29 is 14.3 Å². The second-order valence-corrected chi connectivity index (χ2v) is 9.37. The van der Waals surface area contributed by atoms with Crippen LogP contribution < -0.4 is 16.4 Å². The maximum Gasteiger partial charge on any atom is 0.248 e. The monoisotopic (exact) mass is 402 g/mol. The molecule has 2 aliphatic heterocycles. The van der Waals surface area contributed by atoms with Gasteiger partial charge in [0.2, 0.25) is 5.91 Å². The number of hydrogen-bond donors (Lipinski definition) is 3. The number of nitrogens with two attached hydrogens (primary N) is 1. The highest BCUT2D eigenvalue weighted by Gasteiger charge is 2.43. The summed E-state index contributed by atoms with van der Waals surface area (Å²) in [6, 6.07) is 7.20. The van der Waals surface area contributed by atoms with E-state index in [2.05, 4.69) is 15.5 Å². The number of primary amides is 1. The molecule has 2 heterocycles. The first kappa shape index (κ1) is 21.7. The molecule has 29 heavy (non-hydrogen) atoms. The smallest absolute Gasteiger partial charge is 0.248 e. The zero-order valence-electron chi connectivity index (χ0n) is 17.8. The van der Waals surface area contributed by atoms with Crippen molar-refractivity contribution in [2.45, 2.75) is 45.3 Å². The lowest BCUT2D eigenvalue weighted by Gasteiger charge is -2.50. The molecule has 2 bridgehead atoms. The van der Waals surface area contributed by atoms with Crippen molar-refractivity contribution in [3.05, 3.63) is 29.8 Å². The number of nitrogens with zero attached hydrogens (tertiary/aromatic N) is 1. The van der Waals surface area contributed by atoms with Crippen LogP contribution in [-0.2, 0) is 9.53 Å². The van der Waals surface area contributed by atoms with Gasteiger partial charge in [-0.05, 0) is 37.1 Å². The first-order valence-electron chi connectivity index (χ1n) is 10.4. The van der Waals surface area contributed by atoms with Gasteiger partial charge in [-0.3, -0.25) is 14.5 Å². The molecular weight excluding hydrogens is 368 g/mol. The summed E-state index contributed by atoms with van der Waals surface area (Å²) in [6.07, 6.45) is 2.01. The van der Waals surface area contributed by atoms with Crippen LogP contribution >= 0.6 is 0 Å². The fourth-order valence-electron chi connectivity index (χ4n) is 4.04. The van der Waals surface area contributed by atoms with E-state index in [9.17, 15) is 9.59 Å². The van der Waals surface area contributed by atoms with Gasteiger partial charge in [-0.2, -0.15) is 0 Å². The Morgan fingerprint density at radius 2 is 2.03 bits per heavy atom. The number of ether oxygens (including phenoxy) is 1. The fourth-order valence-corrected chi connectivity index (χ4v) is 4.04. The first-order valence-corrected chi connectivity index (χ1v) is 10.4. The summed E-state index contributed by atoms with van der Waals surface area (Å²) in [5.41, 5.74) is 6.20. The summed E-state index contributed by atoms with van der Waals surface area (Å²) >= 11 is 0. The third-order valence-electron chi connectivity index (χ3n) is 5.72. The van der Waals surface area contributed by atoms with Gasteiger partial charge in [0.1, 0.15) is 0 Å². The summed E-state index contributed by atoms with van der Waals surface area (Å²) < 4.78 is 6.41. The molecule has 2 fully saturated rings. The molecule has 3 rings (SSSR count). The number of anilines is 1. The van der Waals surface area contributed by atoms with Crippen LogP contribution in [0.3, 0.4) is 0 Å². The number of carbonyl (C=O) groups excluding carboxylic acids is 2. The average molecular weight is 403 g/mol. The summed E-state index contributed by atoms with van der Waals surface area (Å²) in [5, 5.41) is 6.89. The predicted molar refractivity (Wildman–Crippen MR) is 114 cm³/mol. The highest BCUT2D eigenvalue weighted by Crippen LogP contribution is 2.29. The maximum atomic E-state index is 12.5. The lowest BCUT2D eigenvalue weighted by atomic mass is 9.88. The van der Waals surface area contributed by atoms with Crippen LogP contribution in [0.5, 0.6) is 0 Å². The quantitative estimate of drug-likeness (QED) is 0.572. The minimum Gasteiger partial charge on any atom is -0.385 e. The number of fused-ring (bicyclic) bond motifs is 2. The van der Waals surface area contributed by atoms with Crippen molar-refractivity contribution in [2.24, 2.45) is 11.1 Å². The second kappa shape index (κ2) is 8.81. The molecule has 2 unspecified atom stereocenters. The number of ketones is 1. The zero-order chi connectivity index (χ0) is 21.1. The molecule has 0 saturated carbocycles. The van der Waals surface area contributed by atoms with E-state index in [1.807, 2.05) is 32.9 Å². The summed E-state index contributed by atoms with van der Waals surface area (Å²) in [4.78, 5) is 25.9. The summed E-state index contributed by atoms with van der Waals surface area (Å²) in [6.45, 7) is 10.5. The van der Waals surface area contributed by atoms with Gasteiger partial charge in [0.05, 0.1) is 18.2 Å². The van der Waals surface area contributed by atoms with Gasteiger partial charge in [0, 0.05) is 49.4 Å². The standard InChI is InChI=1S/C22H34N4O3/c1-21(2,3)19(27)13-26-12-18-11-24-14-22(15-26,29-18)9-4-10-25-17-7-5-16(6-8-17)20(23)28/h5-8,18,24-25H,4,9-15H2,1-3H3,(H2,23,28). The Morgan fingerprint density at radius 3 is 2.69 bits per heavy atom. The lowest BCUT2D eigenvalue weighted by molar-refractivity contribution is -0.177. The molecule has 1 aromatic carbocycles. The number of nitrogens with one attached hydrogen (secondary N) is 2. The van der Waals surface area contributed by atoms with Crippen molar-refractivity contribution >= 4 is 17.4 Å². The Morgan fingerprint density at radius 1 is 1.31 bits per heavy atom. The third kappa shape index (κ3) is 5.78. The lowest BCUT2D eigenvalue weighted by Crippen LogP contribution is -2.66. The summed E-state index contributed by atoms with van der Waals surface area (Å²) in [5.74, 6) is -0.138. The van der Waals surface area contributed by atoms with Gasteiger partial charge in [0.15, 0.2) is 5.78 Å². The van der Waals surface area contributed by atoms with Crippen LogP contribution in [0.4, 0.5) is 5.69 Å². The number of benzene rings is 1. The van der Waals surface area contributed by atoms with Gasteiger partial charge in [-0.1, -0.05) is 20.8 Å². The van der Waals surface area contributed by atoms with Crippen molar-refractivity contribution in [1.82, 2.24) is 10.2 Å². The SMILES string of the molecule is CC(C)(C)C(=O)CN1CC2CNCC(CCCNc3ccc(C(N)=O)cc3)(C1)O2. The molecule has 7 heteroatoms. The van der Waals surface area contributed by atoms with E-state index >= 15 is 0 Å². The van der Waals surface area contributed by atoms with Crippen molar-refractivity contribution in [3.63, 3.8) is 0 Å². The molecule has 1 aromatic rings. The largest absolute Gasteiger partial charge is 0.385 e. The van der Waals surface area contributed by atoms with Crippen LogP contribution in [-0.4, -0.2) is 67.6 Å². The molecule has 2 saturated heterocycles. The number of carbonyl (C=O) groups is 2. The molecule has 0 radical (unpaired) electrons. The number of morpholine rings is 2. The highest BCUT2D eigenvalue weighted by atomic mass is 16.5. The van der Waals surface area contributed by atoms with E-state index in [0.717, 1.165) is 51.3 Å². The van der Waals surface area contributed by atoms with Crippen LogP contribution in [0.15, 0.2) is 24.3 Å². The number of Topliss-reactive ketones (excluding diaryl/α,β-unsaturated/α-hetero) is 1. The van der Waals surface area contributed by atoms with Crippen LogP contribution in [0, 0.1) is 5.41 Å². The Bertz CT molecular complexity index is 729. The van der Waals surface area contributed by atoms with Gasteiger partial charge >= 0.3 is 0 Å². The molecule has 0 aliphatic carbocycles. The van der Waals surface area contributed by atoms with Crippen molar-refractivity contribution in [2.75, 3.05) is 44.6 Å². The van der Waals surface area contributed by atoms with Crippen LogP contribution in [0.2, 0.25) is 0 Å². The Balaban J connectivity index is 1.51. The maximum absolute atomic E-state index is 12.5. The molecule has 0 spiro atoms. The minimum atomic E-state index is -0.418. The highest BCUT2D eigenvalue weighted by molar-refractivity contribution is 5.93. The molecule has 7 nitrogen and oxygen atoms in total. The van der Waals surface area contributed by atoms with Crippen molar-refractivity contribution in [3.8, 4) is 0 Å². The molecule has 2 atom stereocenters. The van der Waals surface area contributed by atoms with Gasteiger partial charge in [-0.25, -0.2) is 0 Å². The van der Waals surface area contributed by atoms with E-state index in [0.29, 0.717) is 12.1 Å². The van der Waals surface area contributed by atoms with Crippen molar-refractivity contribution in [1.29, 1.82) is 0 Å². The van der Waals surface area contributed by atoms with E-state index in [1.165, 1.54) is 0 Å². The van der Waals surface area contributed by atoms with Gasteiger partial charge < -0.3 is 21.1 Å². The first-order chi connectivity index (χ1) is 13.7. The van der Waals surface area contributed by atoms with Crippen LogP contribution in [0.1, 0.15) is 44.0 Å². The normalized spacial score (nSPS) is 24.9.